The van der Waals surface area contributed by atoms with E-state index in [0.29, 0.717) is 17.1 Å². The second-order valence-corrected chi connectivity index (χ2v) is 11.0. The van der Waals surface area contributed by atoms with E-state index in [1.165, 1.54) is 30.5 Å². The van der Waals surface area contributed by atoms with Gasteiger partial charge in [-0.05, 0) is 31.0 Å². The van der Waals surface area contributed by atoms with Gasteiger partial charge in [0.05, 0.1) is 24.5 Å². The Balaban J connectivity index is 2.00. The van der Waals surface area contributed by atoms with Crippen LogP contribution in [0.15, 0.2) is 23.1 Å². The Morgan fingerprint density at radius 2 is 1.86 bits per heavy atom. The number of hydrogen-bond acceptors (Lipinski definition) is 7. The summed E-state index contributed by atoms with van der Waals surface area (Å²) in [7, 11) is -6.63. The molecule has 2 aliphatic heterocycles. The second kappa shape index (κ2) is 7.58. The third-order valence-corrected chi connectivity index (χ3v) is 9.00. The van der Waals surface area contributed by atoms with Crippen molar-refractivity contribution in [3.63, 3.8) is 0 Å². The number of amides is 2. The lowest BCUT2D eigenvalue weighted by molar-refractivity contribution is -0.123. The zero-order valence-electron chi connectivity index (χ0n) is 16.1. The van der Waals surface area contributed by atoms with Crippen LogP contribution in [-0.2, 0) is 29.6 Å². The number of carbonyl (C=O) groups excluding carboxylic acids is 2. The van der Waals surface area contributed by atoms with Crippen molar-refractivity contribution in [3.8, 4) is 5.75 Å². The van der Waals surface area contributed by atoms with Gasteiger partial charge in [-0.3, -0.25) is 9.59 Å². The first kappa shape index (κ1) is 21.5. The standard InChI is InChI=1S/C17H23N3O7S2/c1-11-10-28(23,24)20(17(11)22)13-3-4-14(27-2)15(9-13)29(25,26)19-7-5-12(6-8-19)16(18)21/h3-4,9,11-12H,5-8,10H2,1-2H3,(H2,18,21)/t11-/m1/s1. The van der Waals surface area contributed by atoms with Crippen LogP contribution in [0.25, 0.3) is 0 Å². The number of sulfonamides is 2. The number of piperidine rings is 1. The van der Waals surface area contributed by atoms with Gasteiger partial charge in [0.25, 0.3) is 0 Å². The van der Waals surface area contributed by atoms with Crippen LogP contribution < -0.4 is 14.8 Å². The maximum absolute atomic E-state index is 13.2. The van der Waals surface area contributed by atoms with E-state index in [1.807, 2.05) is 0 Å². The minimum absolute atomic E-state index is 0.0304. The molecule has 2 heterocycles. The molecule has 0 aliphatic carbocycles. The normalized spacial score (nSPS) is 23.3. The summed E-state index contributed by atoms with van der Waals surface area (Å²) in [6.45, 7) is 1.70. The summed E-state index contributed by atoms with van der Waals surface area (Å²) < 4.78 is 58.2. The van der Waals surface area contributed by atoms with E-state index in [2.05, 4.69) is 0 Å². The molecule has 2 aliphatic rings. The molecule has 0 bridgehead atoms. The topological polar surface area (TPSA) is 144 Å². The van der Waals surface area contributed by atoms with E-state index >= 15 is 0 Å². The van der Waals surface area contributed by atoms with Crippen LogP contribution in [-0.4, -0.2) is 58.9 Å². The molecule has 2 fully saturated rings. The minimum Gasteiger partial charge on any atom is -0.495 e. The molecule has 1 aromatic rings. The molecule has 0 saturated carbocycles. The minimum atomic E-state index is -4.05. The highest BCUT2D eigenvalue weighted by Gasteiger charge is 2.43. The summed E-state index contributed by atoms with van der Waals surface area (Å²) in [4.78, 5) is 23.4. The summed E-state index contributed by atoms with van der Waals surface area (Å²) in [5.74, 6) is -2.48. The molecular weight excluding hydrogens is 422 g/mol. The number of primary amides is 1. The Bertz CT molecular complexity index is 1040. The van der Waals surface area contributed by atoms with Crippen molar-refractivity contribution >= 4 is 37.5 Å². The molecule has 1 aromatic carbocycles. The summed E-state index contributed by atoms with van der Waals surface area (Å²) in [6.07, 6.45) is 0.597. The Morgan fingerprint density at radius 1 is 1.24 bits per heavy atom. The number of hydrogen-bond donors (Lipinski definition) is 1. The molecule has 2 saturated heterocycles. The largest absolute Gasteiger partial charge is 0.495 e. The van der Waals surface area contributed by atoms with Crippen LogP contribution in [0.1, 0.15) is 19.8 Å². The first-order valence-electron chi connectivity index (χ1n) is 9.03. The van der Waals surface area contributed by atoms with Crippen LogP contribution in [0.2, 0.25) is 0 Å². The lowest BCUT2D eigenvalue weighted by Gasteiger charge is -2.30. The predicted octanol–water partition coefficient (Wildman–Crippen LogP) is -0.106. The van der Waals surface area contributed by atoms with Crippen LogP contribution in [0.4, 0.5) is 5.69 Å². The predicted molar refractivity (Wildman–Crippen MR) is 104 cm³/mol. The van der Waals surface area contributed by atoms with Gasteiger partial charge in [-0.2, -0.15) is 4.31 Å². The van der Waals surface area contributed by atoms with E-state index in [-0.39, 0.29) is 41.1 Å². The quantitative estimate of drug-likeness (QED) is 0.666. The van der Waals surface area contributed by atoms with Gasteiger partial charge in [-0.25, -0.2) is 21.1 Å². The van der Waals surface area contributed by atoms with Crippen molar-refractivity contribution in [1.82, 2.24) is 4.31 Å². The Kier molecular flexibility index (Phi) is 5.62. The molecule has 12 heteroatoms. The van der Waals surface area contributed by atoms with E-state index in [0.717, 1.165) is 6.07 Å². The second-order valence-electron chi connectivity index (χ2n) is 7.20. The fraction of sp³-hybridized carbons (Fsp3) is 0.529. The molecule has 160 valence electrons. The summed E-state index contributed by atoms with van der Waals surface area (Å²) >= 11 is 0. The average Bonchev–Trinajstić information content (AvgIpc) is 2.88. The highest BCUT2D eigenvalue weighted by Crippen LogP contribution is 2.36. The lowest BCUT2D eigenvalue weighted by atomic mass is 9.98. The van der Waals surface area contributed by atoms with Crippen LogP contribution in [0, 0.1) is 11.8 Å². The van der Waals surface area contributed by atoms with Crippen molar-refractivity contribution in [2.24, 2.45) is 17.6 Å². The van der Waals surface area contributed by atoms with Gasteiger partial charge in [-0.15, -0.1) is 0 Å². The van der Waals surface area contributed by atoms with Gasteiger partial charge < -0.3 is 10.5 Å². The molecule has 29 heavy (non-hydrogen) atoms. The third-order valence-electron chi connectivity index (χ3n) is 5.22. The number of anilines is 1. The van der Waals surface area contributed by atoms with Gasteiger partial charge in [-0.1, -0.05) is 6.92 Å². The molecule has 3 rings (SSSR count). The van der Waals surface area contributed by atoms with Crippen molar-refractivity contribution < 1.29 is 31.2 Å². The van der Waals surface area contributed by atoms with Crippen molar-refractivity contribution in [1.29, 1.82) is 0 Å². The fourth-order valence-corrected chi connectivity index (χ4v) is 7.06. The SMILES string of the molecule is COc1ccc(N2C(=O)[C@H](C)CS2(=O)=O)cc1S(=O)(=O)N1CCC(C(N)=O)CC1. The number of rotatable bonds is 5. The van der Waals surface area contributed by atoms with Crippen molar-refractivity contribution in [2.75, 3.05) is 30.3 Å². The number of nitrogens with zero attached hydrogens (tertiary/aromatic N) is 2. The van der Waals surface area contributed by atoms with Gasteiger partial charge >= 0.3 is 0 Å². The number of nitrogens with two attached hydrogens (primary N) is 1. The molecule has 0 spiro atoms. The first-order valence-corrected chi connectivity index (χ1v) is 12.1. The molecule has 2 N–H and O–H groups in total. The molecule has 0 radical (unpaired) electrons. The molecule has 0 unspecified atom stereocenters. The van der Waals surface area contributed by atoms with Crippen LogP contribution in [0.5, 0.6) is 5.75 Å². The van der Waals surface area contributed by atoms with Crippen LogP contribution >= 0.6 is 0 Å². The van der Waals surface area contributed by atoms with Gasteiger partial charge in [0.1, 0.15) is 10.6 Å². The summed E-state index contributed by atoms with van der Waals surface area (Å²) in [6, 6.07) is 3.80. The number of ether oxygens (including phenoxy) is 1. The Morgan fingerprint density at radius 3 is 2.34 bits per heavy atom. The first-order chi connectivity index (χ1) is 13.5. The molecule has 0 aromatic heterocycles. The van der Waals surface area contributed by atoms with Gasteiger partial charge in [0, 0.05) is 19.0 Å². The van der Waals surface area contributed by atoms with Crippen molar-refractivity contribution in [2.45, 2.75) is 24.7 Å². The van der Waals surface area contributed by atoms with E-state index in [9.17, 15) is 26.4 Å². The monoisotopic (exact) mass is 445 g/mol. The highest BCUT2D eigenvalue weighted by atomic mass is 32.2. The molecule has 2 amide bonds. The molecule has 10 nitrogen and oxygen atoms in total. The van der Waals surface area contributed by atoms with Gasteiger partial charge in [0.2, 0.25) is 31.9 Å². The van der Waals surface area contributed by atoms with E-state index in [1.54, 1.807) is 0 Å². The molecular formula is C17H23N3O7S2. The maximum atomic E-state index is 13.2. The van der Waals surface area contributed by atoms with E-state index < -0.39 is 37.8 Å². The fourth-order valence-electron chi connectivity index (χ4n) is 3.60. The highest BCUT2D eigenvalue weighted by molar-refractivity contribution is 7.94. The number of methoxy groups -OCH3 is 1. The maximum Gasteiger partial charge on any atom is 0.246 e. The summed E-state index contributed by atoms with van der Waals surface area (Å²) in [5, 5.41) is 0. The number of carbonyl (C=O) groups is 2. The summed E-state index contributed by atoms with van der Waals surface area (Å²) in [5.41, 5.74) is 5.25. The van der Waals surface area contributed by atoms with Gasteiger partial charge in [0.15, 0.2) is 0 Å². The van der Waals surface area contributed by atoms with E-state index in [4.69, 9.17) is 10.5 Å². The smallest absolute Gasteiger partial charge is 0.246 e. The van der Waals surface area contributed by atoms with Crippen LogP contribution in [0.3, 0.4) is 0 Å². The Hall–Kier alpha value is -2.18. The van der Waals surface area contributed by atoms with Crippen molar-refractivity contribution in [3.05, 3.63) is 18.2 Å². The zero-order valence-corrected chi connectivity index (χ0v) is 17.7. The average molecular weight is 446 g/mol. The third kappa shape index (κ3) is 3.83. The zero-order chi connectivity index (χ0) is 21.6. The lowest BCUT2D eigenvalue weighted by Crippen LogP contribution is -2.41. The number of benzene rings is 1. The Labute approximate surface area is 169 Å². The molecule has 1 atom stereocenters.